The van der Waals surface area contributed by atoms with E-state index in [-0.39, 0.29) is 0 Å². The number of hydrogen-bond donors (Lipinski definition) is 2. The third-order valence-electron chi connectivity index (χ3n) is 0.353. The van der Waals surface area contributed by atoms with E-state index >= 15 is 0 Å². The summed E-state index contributed by atoms with van der Waals surface area (Å²) in [5.41, 5.74) is 0. The zero-order chi connectivity index (χ0) is 7.49. The molecule has 0 heterocycles. The summed E-state index contributed by atoms with van der Waals surface area (Å²) in [5.74, 6) is 0.236. The van der Waals surface area contributed by atoms with Gasteiger partial charge in [0.25, 0.3) is 0 Å². The Bertz CT molecular complexity index is 245. The molecular formula is C3H3NO4S. The average molecular weight is 149 g/mol. The van der Waals surface area contributed by atoms with Crippen molar-refractivity contribution in [2.75, 3.05) is 0 Å². The molecule has 6 heteroatoms. The molecule has 0 rings (SSSR count). The second kappa shape index (κ2) is 2.48. The van der Waals surface area contributed by atoms with Crippen molar-refractivity contribution >= 4 is 16.2 Å². The van der Waals surface area contributed by atoms with Gasteiger partial charge >= 0.3 is 16.2 Å². The lowest BCUT2D eigenvalue weighted by molar-refractivity contribution is -0.114. The van der Waals surface area contributed by atoms with Crippen molar-refractivity contribution < 1.29 is 17.8 Å². The van der Waals surface area contributed by atoms with Gasteiger partial charge in [-0.05, 0) is 5.92 Å². The monoisotopic (exact) mass is 149 g/mol. The fourth-order valence-corrected chi connectivity index (χ4v) is 0.440. The first-order valence-electron chi connectivity index (χ1n) is 1.71. The lowest BCUT2D eigenvalue weighted by atomic mass is 10.7. The van der Waals surface area contributed by atoms with Crippen molar-refractivity contribution in [1.29, 1.82) is 0 Å². The zero-order valence-corrected chi connectivity index (χ0v) is 4.97. The molecule has 50 valence electrons. The molecular weight excluding hydrogens is 146 g/mol. The van der Waals surface area contributed by atoms with Gasteiger partial charge in [-0.1, -0.05) is 0 Å². The highest BCUT2D eigenvalue weighted by Crippen LogP contribution is 1.70. The van der Waals surface area contributed by atoms with Gasteiger partial charge in [0.1, 0.15) is 0 Å². The Morgan fingerprint density at radius 1 is 1.67 bits per heavy atom. The molecule has 0 aromatic rings. The Labute approximate surface area is 51.9 Å². The minimum atomic E-state index is -4.48. The van der Waals surface area contributed by atoms with Crippen molar-refractivity contribution in [3.8, 4) is 12.3 Å². The van der Waals surface area contributed by atoms with Crippen LogP contribution in [0.25, 0.3) is 0 Å². The van der Waals surface area contributed by atoms with Crippen LogP contribution < -0.4 is 4.72 Å². The minimum absolute atomic E-state index is 1.12. The van der Waals surface area contributed by atoms with Gasteiger partial charge in [-0.2, -0.15) is 8.42 Å². The summed E-state index contributed by atoms with van der Waals surface area (Å²) in [5, 5.41) is 0. The zero-order valence-electron chi connectivity index (χ0n) is 4.16. The number of amides is 1. The van der Waals surface area contributed by atoms with Crippen molar-refractivity contribution in [3.63, 3.8) is 0 Å². The average Bonchev–Trinajstić information content (AvgIpc) is 1.62. The molecule has 5 nitrogen and oxygen atoms in total. The van der Waals surface area contributed by atoms with Crippen LogP contribution >= 0.6 is 0 Å². The number of carbonyl (C=O) groups excluding carboxylic acids is 1. The van der Waals surface area contributed by atoms with Gasteiger partial charge < -0.3 is 0 Å². The van der Waals surface area contributed by atoms with Crippen LogP contribution in [0.1, 0.15) is 0 Å². The molecule has 0 radical (unpaired) electrons. The highest BCUT2D eigenvalue weighted by Gasteiger charge is 2.05. The number of hydrogen-bond acceptors (Lipinski definition) is 3. The van der Waals surface area contributed by atoms with E-state index in [1.807, 2.05) is 0 Å². The van der Waals surface area contributed by atoms with Crippen LogP contribution in [0.4, 0.5) is 0 Å². The molecule has 9 heavy (non-hydrogen) atoms. The molecule has 0 saturated carbocycles. The largest absolute Gasteiger partial charge is 0.360 e. The normalized spacial score (nSPS) is 9.78. The molecule has 0 spiro atoms. The van der Waals surface area contributed by atoms with Gasteiger partial charge in [0, 0.05) is 0 Å². The van der Waals surface area contributed by atoms with Gasteiger partial charge in [-0.25, -0.2) is 4.72 Å². The molecule has 0 aliphatic heterocycles. The summed E-state index contributed by atoms with van der Waals surface area (Å²) in [6.45, 7) is 0. The molecule has 0 bridgehead atoms. The molecule has 0 aliphatic rings. The maximum absolute atomic E-state index is 9.94. The third kappa shape index (κ3) is 4.80. The smallest absolute Gasteiger partial charge is 0.269 e. The molecule has 2 N–H and O–H groups in total. The van der Waals surface area contributed by atoms with Gasteiger partial charge in [-0.3, -0.25) is 9.35 Å². The Morgan fingerprint density at radius 3 is 2.22 bits per heavy atom. The lowest BCUT2D eigenvalue weighted by Crippen LogP contribution is -2.28. The van der Waals surface area contributed by atoms with Crippen LogP contribution in [0.5, 0.6) is 0 Å². The number of rotatable bonds is 1. The van der Waals surface area contributed by atoms with E-state index < -0.39 is 16.2 Å². The van der Waals surface area contributed by atoms with Crippen molar-refractivity contribution in [1.82, 2.24) is 4.72 Å². The molecule has 0 atom stereocenters. The lowest BCUT2D eigenvalue weighted by Gasteiger charge is -1.90. The van der Waals surface area contributed by atoms with E-state index in [2.05, 4.69) is 6.42 Å². The summed E-state index contributed by atoms with van der Waals surface area (Å²) in [4.78, 5) is 9.94. The highest BCUT2D eigenvalue weighted by molar-refractivity contribution is 7.84. The van der Waals surface area contributed by atoms with Crippen LogP contribution in [-0.2, 0) is 15.1 Å². The molecule has 0 aliphatic carbocycles. The van der Waals surface area contributed by atoms with Gasteiger partial charge in [-0.15, -0.1) is 6.42 Å². The van der Waals surface area contributed by atoms with E-state index in [1.54, 1.807) is 0 Å². The predicted octanol–water partition coefficient (Wildman–Crippen LogP) is -1.46. The fraction of sp³-hybridized carbons (Fsp3) is 0. The Balaban J connectivity index is 4.12. The SMILES string of the molecule is C#CC(=O)NS(=O)(=O)O. The van der Waals surface area contributed by atoms with Crippen molar-refractivity contribution in [2.45, 2.75) is 0 Å². The van der Waals surface area contributed by atoms with Crippen LogP contribution in [-0.4, -0.2) is 18.9 Å². The summed E-state index contributed by atoms with van der Waals surface area (Å²) >= 11 is 0. The van der Waals surface area contributed by atoms with Crippen LogP contribution in [0, 0.1) is 12.3 Å². The second-order valence-electron chi connectivity index (χ2n) is 1.05. The van der Waals surface area contributed by atoms with E-state index in [4.69, 9.17) is 4.55 Å². The summed E-state index contributed by atoms with van der Waals surface area (Å²) in [7, 11) is -4.48. The van der Waals surface area contributed by atoms with Gasteiger partial charge in [0.15, 0.2) is 0 Å². The van der Waals surface area contributed by atoms with Gasteiger partial charge in [0.05, 0.1) is 0 Å². The maximum Gasteiger partial charge on any atom is 0.360 e. The van der Waals surface area contributed by atoms with E-state index in [0.717, 1.165) is 4.72 Å². The van der Waals surface area contributed by atoms with Crippen LogP contribution in [0.2, 0.25) is 0 Å². The van der Waals surface area contributed by atoms with Crippen molar-refractivity contribution in [2.24, 2.45) is 0 Å². The first-order valence-corrected chi connectivity index (χ1v) is 3.15. The maximum atomic E-state index is 9.94. The van der Waals surface area contributed by atoms with Gasteiger partial charge in [0.2, 0.25) is 0 Å². The molecule has 1 amide bonds. The molecule has 0 unspecified atom stereocenters. The topological polar surface area (TPSA) is 83.5 Å². The predicted molar refractivity (Wildman–Crippen MR) is 28.5 cm³/mol. The van der Waals surface area contributed by atoms with E-state index in [1.165, 1.54) is 5.92 Å². The minimum Gasteiger partial charge on any atom is -0.269 e. The van der Waals surface area contributed by atoms with E-state index in [9.17, 15) is 13.2 Å². The Morgan fingerprint density at radius 2 is 2.11 bits per heavy atom. The summed E-state index contributed by atoms with van der Waals surface area (Å²) in [6, 6.07) is 0. The Kier molecular flexibility index (Phi) is 2.19. The Hall–Kier alpha value is -1.06. The molecule has 0 aromatic carbocycles. The van der Waals surface area contributed by atoms with Crippen molar-refractivity contribution in [3.05, 3.63) is 0 Å². The molecule has 0 aromatic heterocycles. The summed E-state index contributed by atoms with van der Waals surface area (Å²) < 4.78 is 28.4. The number of nitrogens with one attached hydrogen (secondary N) is 1. The highest BCUT2D eigenvalue weighted by atomic mass is 32.2. The van der Waals surface area contributed by atoms with E-state index in [0.29, 0.717) is 0 Å². The first kappa shape index (κ1) is 7.94. The number of carbonyl (C=O) groups is 1. The fourth-order valence-electron chi connectivity index (χ4n) is 0.147. The third-order valence-corrected chi connectivity index (χ3v) is 0.796. The standard InChI is InChI=1S/C3H3NO4S/c1-2-3(5)4-9(6,7)8/h1H,(H,4,5)(H,6,7,8). The van der Waals surface area contributed by atoms with Crippen LogP contribution in [0.3, 0.4) is 0 Å². The quantitative estimate of drug-likeness (QED) is 0.352. The first-order chi connectivity index (χ1) is 3.95. The van der Waals surface area contributed by atoms with Crippen LogP contribution in [0.15, 0.2) is 0 Å². The second-order valence-corrected chi connectivity index (χ2v) is 2.20. The molecule has 0 fully saturated rings. The molecule has 0 saturated heterocycles. The summed E-state index contributed by atoms with van der Waals surface area (Å²) in [6.07, 6.45) is 4.44. The number of terminal acetylenes is 1.